The molecule has 1 fully saturated rings. The third-order valence-corrected chi connectivity index (χ3v) is 4.94. The van der Waals surface area contributed by atoms with E-state index in [1.54, 1.807) is 7.11 Å². The molecule has 0 aromatic heterocycles. The average molecular weight is 391 g/mol. The molecule has 6 nitrogen and oxygen atoms in total. The SMILES string of the molecule is CCNC(=NCC1CCN(c2ccccc2OC)C1)NCCOCCC(C)C. The van der Waals surface area contributed by atoms with Gasteiger partial charge in [-0.25, -0.2) is 0 Å². The molecule has 1 aromatic carbocycles. The zero-order valence-corrected chi connectivity index (χ0v) is 18.0. The fourth-order valence-electron chi connectivity index (χ4n) is 3.32. The van der Waals surface area contributed by atoms with Gasteiger partial charge in [0, 0.05) is 39.3 Å². The summed E-state index contributed by atoms with van der Waals surface area (Å²) in [6.07, 6.45) is 2.26. The van der Waals surface area contributed by atoms with Gasteiger partial charge in [0.25, 0.3) is 0 Å². The highest BCUT2D eigenvalue weighted by atomic mass is 16.5. The van der Waals surface area contributed by atoms with Crippen LogP contribution >= 0.6 is 0 Å². The van der Waals surface area contributed by atoms with Crippen LogP contribution in [0.2, 0.25) is 0 Å². The van der Waals surface area contributed by atoms with E-state index in [1.807, 2.05) is 12.1 Å². The number of guanidine groups is 1. The maximum atomic E-state index is 5.67. The zero-order chi connectivity index (χ0) is 20.2. The highest BCUT2D eigenvalue weighted by Crippen LogP contribution is 2.31. The number of anilines is 1. The van der Waals surface area contributed by atoms with Gasteiger partial charge in [0.15, 0.2) is 5.96 Å². The number of nitrogens with one attached hydrogen (secondary N) is 2. The lowest BCUT2D eigenvalue weighted by molar-refractivity contribution is 0.128. The highest BCUT2D eigenvalue weighted by molar-refractivity contribution is 5.79. The van der Waals surface area contributed by atoms with Crippen molar-refractivity contribution in [1.29, 1.82) is 0 Å². The Morgan fingerprint density at radius 3 is 2.82 bits per heavy atom. The van der Waals surface area contributed by atoms with Gasteiger partial charge in [-0.3, -0.25) is 4.99 Å². The van der Waals surface area contributed by atoms with Gasteiger partial charge in [-0.05, 0) is 43.7 Å². The van der Waals surface area contributed by atoms with Crippen LogP contribution in [0.3, 0.4) is 0 Å². The van der Waals surface area contributed by atoms with Crippen LogP contribution in [0.25, 0.3) is 0 Å². The monoisotopic (exact) mass is 390 g/mol. The van der Waals surface area contributed by atoms with E-state index in [2.05, 4.69) is 48.4 Å². The molecule has 2 N–H and O–H groups in total. The average Bonchev–Trinajstić information content (AvgIpc) is 3.17. The summed E-state index contributed by atoms with van der Waals surface area (Å²) < 4.78 is 11.2. The molecule has 1 saturated heterocycles. The molecule has 0 saturated carbocycles. The van der Waals surface area contributed by atoms with Crippen LogP contribution < -0.4 is 20.3 Å². The van der Waals surface area contributed by atoms with Gasteiger partial charge < -0.3 is 25.0 Å². The summed E-state index contributed by atoms with van der Waals surface area (Å²) >= 11 is 0. The molecule has 1 aliphatic rings. The summed E-state index contributed by atoms with van der Waals surface area (Å²) in [6, 6.07) is 8.24. The standard InChI is InChI=1S/C22H38N4O2/c1-5-23-22(24-12-15-28-14-11-18(2)3)25-16-19-10-13-26(17-19)20-8-6-7-9-21(20)27-4/h6-9,18-19H,5,10-17H2,1-4H3,(H2,23,24,25). The minimum Gasteiger partial charge on any atom is -0.495 e. The van der Waals surface area contributed by atoms with Crippen molar-refractivity contribution in [2.24, 2.45) is 16.8 Å². The first-order valence-corrected chi connectivity index (χ1v) is 10.6. The summed E-state index contributed by atoms with van der Waals surface area (Å²) in [6.45, 7) is 12.6. The smallest absolute Gasteiger partial charge is 0.191 e. The van der Waals surface area contributed by atoms with Gasteiger partial charge in [0.1, 0.15) is 5.75 Å². The number of hydrogen-bond acceptors (Lipinski definition) is 4. The van der Waals surface area contributed by atoms with Gasteiger partial charge in [0.2, 0.25) is 0 Å². The Morgan fingerprint density at radius 1 is 1.25 bits per heavy atom. The van der Waals surface area contributed by atoms with Crippen molar-refractivity contribution in [2.75, 3.05) is 57.9 Å². The maximum Gasteiger partial charge on any atom is 0.191 e. The Balaban J connectivity index is 1.76. The minimum atomic E-state index is 0.558. The summed E-state index contributed by atoms with van der Waals surface area (Å²) in [5.74, 6) is 3.07. The van der Waals surface area contributed by atoms with Crippen molar-refractivity contribution in [3.8, 4) is 5.75 Å². The normalized spacial score (nSPS) is 17.2. The molecule has 2 rings (SSSR count). The minimum absolute atomic E-state index is 0.558. The molecule has 0 amide bonds. The predicted molar refractivity (Wildman–Crippen MR) is 118 cm³/mol. The van der Waals surface area contributed by atoms with Gasteiger partial charge in [-0.1, -0.05) is 26.0 Å². The van der Waals surface area contributed by atoms with Crippen molar-refractivity contribution in [2.45, 2.75) is 33.6 Å². The van der Waals surface area contributed by atoms with E-state index < -0.39 is 0 Å². The van der Waals surface area contributed by atoms with Crippen LogP contribution in [-0.2, 0) is 4.74 Å². The molecule has 0 aliphatic carbocycles. The second-order valence-corrected chi connectivity index (χ2v) is 7.71. The number of nitrogens with zero attached hydrogens (tertiary/aromatic N) is 2. The third kappa shape index (κ3) is 7.58. The number of ether oxygens (including phenoxy) is 2. The summed E-state index contributed by atoms with van der Waals surface area (Å²) in [4.78, 5) is 7.20. The number of methoxy groups -OCH3 is 1. The number of para-hydroxylation sites is 2. The summed E-state index contributed by atoms with van der Waals surface area (Å²) in [5.41, 5.74) is 1.18. The van der Waals surface area contributed by atoms with Crippen molar-refractivity contribution in [3.63, 3.8) is 0 Å². The second-order valence-electron chi connectivity index (χ2n) is 7.71. The molecule has 28 heavy (non-hydrogen) atoms. The van der Waals surface area contributed by atoms with Gasteiger partial charge in [0.05, 0.1) is 19.4 Å². The van der Waals surface area contributed by atoms with Crippen LogP contribution in [0.4, 0.5) is 5.69 Å². The van der Waals surface area contributed by atoms with Gasteiger partial charge in [-0.15, -0.1) is 0 Å². The Hall–Kier alpha value is -1.95. The van der Waals surface area contributed by atoms with Crippen molar-refractivity contribution < 1.29 is 9.47 Å². The third-order valence-electron chi connectivity index (χ3n) is 4.94. The van der Waals surface area contributed by atoms with Crippen LogP contribution in [-0.4, -0.2) is 59.0 Å². The largest absolute Gasteiger partial charge is 0.495 e. The second kappa shape index (κ2) is 12.5. The lowest BCUT2D eigenvalue weighted by atomic mass is 10.1. The van der Waals surface area contributed by atoms with E-state index in [4.69, 9.17) is 14.5 Å². The maximum absolute atomic E-state index is 5.67. The number of benzene rings is 1. The summed E-state index contributed by atoms with van der Waals surface area (Å²) in [7, 11) is 1.73. The van der Waals surface area contributed by atoms with Crippen LogP contribution in [0.1, 0.15) is 33.6 Å². The Kier molecular flexibility index (Phi) is 9.97. The molecule has 0 bridgehead atoms. The molecule has 0 spiro atoms. The number of rotatable bonds is 11. The van der Waals surface area contributed by atoms with Gasteiger partial charge in [-0.2, -0.15) is 0 Å². The highest BCUT2D eigenvalue weighted by Gasteiger charge is 2.24. The van der Waals surface area contributed by atoms with Gasteiger partial charge >= 0.3 is 0 Å². The Labute approximate surface area is 170 Å². The van der Waals surface area contributed by atoms with E-state index >= 15 is 0 Å². The van der Waals surface area contributed by atoms with E-state index in [1.165, 1.54) is 5.69 Å². The zero-order valence-electron chi connectivity index (χ0n) is 18.0. The molecule has 1 atom stereocenters. The lowest BCUT2D eigenvalue weighted by Gasteiger charge is -2.21. The van der Waals surface area contributed by atoms with Crippen LogP contribution in [0.15, 0.2) is 29.3 Å². The topological polar surface area (TPSA) is 58.1 Å². The number of aliphatic imine (C=N–C) groups is 1. The molecule has 1 heterocycles. The fourth-order valence-corrected chi connectivity index (χ4v) is 3.32. The van der Waals surface area contributed by atoms with E-state index in [-0.39, 0.29) is 0 Å². The van der Waals surface area contributed by atoms with E-state index in [0.29, 0.717) is 18.4 Å². The van der Waals surface area contributed by atoms with Crippen LogP contribution in [0.5, 0.6) is 5.75 Å². The quantitative estimate of drug-likeness (QED) is 0.345. The van der Waals surface area contributed by atoms with Crippen LogP contribution in [0, 0.1) is 11.8 Å². The molecule has 1 aliphatic heterocycles. The van der Waals surface area contributed by atoms with E-state index in [9.17, 15) is 0 Å². The predicted octanol–water partition coefficient (Wildman–Crippen LogP) is 3.14. The van der Waals surface area contributed by atoms with E-state index in [0.717, 1.165) is 63.9 Å². The summed E-state index contributed by atoms with van der Waals surface area (Å²) in [5, 5.41) is 6.70. The first kappa shape index (κ1) is 22.3. The molecule has 1 aromatic rings. The lowest BCUT2D eigenvalue weighted by Crippen LogP contribution is -2.39. The molecule has 158 valence electrons. The number of hydrogen-bond donors (Lipinski definition) is 2. The Morgan fingerprint density at radius 2 is 2.07 bits per heavy atom. The molecular formula is C22H38N4O2. The van der Waals surface area contributed by atoms with Crippen molar-refractivity contribution in [3.05, 3.63) is 24.3 Å². The molecular weight excluding hydrogens is 352 g/mol. The Bertz CT molecular complexity index is 592. The van der Waals surface area contributed by atoms with Crippen molar-refractivity contribution >= 4 is 11.6 Å². The fraction of sp³-hybridized carbons (Fsp3) is 0.682. The van der Waals surface area contributed by atoms with Crippen molar-refractivity contribution in [1.82, 2.24) is 10.6 Å². The first-order chi connectivity index (χ1) is 13.6. The molecule has 1 unspecified atom stereocenters. The molecule has 6 heteroatoms. The first-order valence-electron chi connectivity index (χ1n) is 10.6. The molecule has 0 radical (unpaired) electrons.